The van der Waals surface area contributed by atoms with E-state index in [4.69, 9.17) is 4.74 Å². The van der Waals surface area contributed by atoms with E-state index in [1.54, 1.807) is 0 Å². The third-order valence-electron chi connectivity index (χ3n) is 4.23. The summed E-state index contributed by atoms with van der Waals surface area (Å²) >= 11 is 0. The summed E-state index contributed by atoms with van der Waals surface area (Å²) in [7, 11) is 1.27. The zero-order valence-corrected chi connectivity index (χ0v) is 10.7. The Balaban J connectivity index is 1.59. The number of carbonyl (C=O) groups excluding carboxylic acids is 2. The predicted molar refractivity (Wildman–Crippen MR) is 68.0 cm³/mol. The molecule has 4 atom stereocenters. The lowest BCUT2D eigenvalue weighted by atomic mass is 9.79. The Hall–Kier alpha value is -1.84. The van der Waals surface area contributed by atoms with Crippen LogP contribution >= 0.6 is 0 Å². The molecule has 0 amide bonds. The number of fused-ring (bicyclic) bond motifs is 4. The van der Waals surface area contributed by atoms with Gasteiger partial charge in [-0.2, -0.15) is 0 Å². The Morgan fingerprint density at radius 1 is 1.32 bits per heavy atom. The summed E-state index contributed by atoms with van der Waals surface area (Å²) in [6, 6.07) is 0. The van der Waals surface area contributed by atoms with Gasteiger partial charge in [0.15, 0.2) is 0 Å². The first kappa shape index (κ1) is 12.2. The van der Waals surface area contributed by atoms with Crippen LogP contribution in [-0.4, -0.2) is 25.2 Å². The molecule has 0 saturated carbocycles. The van der Waals surface area contributed by atoms with Crippen LogP contribution in [0.5, 0.6) is 0 Å². The molecule has 0 aromatic rings. The van der Waals surface area contributed by atoms with Crippen molar-refractivity contribution >= 4 is 11.9 Å². The molecule has 4 heteroatoms. The molecular formula is C15H16O4. The van der Waals surface area contributed by atoms with Crippen LogP contribution in [0.1, 0.15) is 12.8 Å². The van der Waals surface area contributed by atoms with Gasteiger partial charge in [-0.3, -0.25) is 0 Å². The minimum absolute atomic E-state index is 0.121. The number of hydrogen-bond acceptors (Lipinski definition) is 4. The van der Waals surface area contributed by atoms with Crippen molar-refractivity contribution in [2.24, 2.45) is 17.8 Å². The highest BCUT2D eigenvalue weighted by molar-refractivity contribution is 5.91. The monoisotopic (exact) mass is 260 g/mol. The molecule has 3 aliphatic rings. The second kappa shape index (κ2) is 4.68. The van der Waals surface area contributed by atoms with E-state index in [1.165, 1.54) is 12.7 Å². The van der Waals surface area contributed by atoms with Gasteiger partial charge in [0.2, 0.25) is 0 Å². The van der Waals surface area contributed by atoms with Gasteiger partial charge in [0, 0.05) is 18.1 Å². The molecule has 3 aliphatic carbocycles. The average molecular weight is 260 g/mol. The van der Waals surface area contributed by atoms with Crippen molar-refractivity contribution in [3.63, 3.8) is 0 Å². The van der Waals surface area contributed by atoms with E-state index in [0.717, 1.165) is 25.0 Å². The molecular weight excluding hydrogens is 244 g/mol. The molecule has 19 heavy (non-hydrogen) atoms. The van der Waals surface area contributed by atoms with Gasteiger partial charge in [-0.05, 0) is 30.3 Å². The standard InChI is InChI=1S/C15H16O4/c1-18-14(16)5-6-15(17)19-13-8-9-7-12(13)11-4-2-3-10(9)11/h2,4-7,9-11,13H,3,8H2,1H3/b6-5+. The normalized spacial score (nSPS) is 34.5. The van der Waals surface area contributed by atoms with Crippen LogP contribution in [-0.2, 0) is 19.1 Å². The fourth-order valence-corrected chi connectivity index (χ4v) is 3.40. The topological polar surface area (TPSA) is 52.6 Å². The fraction of sp³-hybridized carbons (Fsp3) is 0.467. The SMILES string of the molecule is COC(=O)/C=C/C(=O)OC1CC2C=C1C1C=CCC21. The molecule has 4 nitrogen and oxygen atoms in total. The van der Waals surface area contributed by atoms with Gasteiger partial charge < -0.3 is 9.47 Å². The highest BCUT2D eigenvalue weighted by Crippen LogP contribution is 2.52. The molecule has 100 valence electrons. The smallest absolute Gasteiger partial charge is 0.331 e. The Kier molecular flexibility index (Phi) is 3.01. The van der Waals surface area contributed by atoms with Gasteiger partial charge in [-0.1, -0.05) is 18.2 Å². The van der Waals surface area contributed by atoms with Crippen molar-refractivity contribution in [1.29, 1.82) is 0 Å². The maximum Gasteiger partial charge on any atom is 0.331 e. The second-order valence-corrected chi connectivity index (χ2v) is 5.20. The van der Waals surface area contributed by atoms with Crippen LogP contribution in [0.15, 0.2) is 36.0 Å². The lowest BCUT2D eigenvalue weighted by Crippen LogP contribution is -2.29. The van der Waals surface area contributed by atoms with Crippen molar-refractivity contribution in [3.8, 4) is 0 Å². The van der Waals surface area contributed by atoms with E-state index in [1.807, 2.05) is 0 Å². The fourth-order valence-electron chi connectivity index (χ4n) is 3.40. The van der Waals surface area contributed by atoms with E-state index in [0.29, 0.717) is 17.8 Å². The molecule has 0 N–H and O–H groups in total. The first-order chi connectivity index (χ1) is 9.19. The molecule has 0 aliphatic heterocycles. The number of allylic oxidation sites excluding steroid dienone is 3. The van der Waals surface area contributed by atoms with E-state index < -0.39 is 11.9 Å². The van der Waals surface area contributed by atoms with Crippen LogP contribution in [0, 0.1) is 17.8 Å². The van der Waals surface area contributed by atoms with E-state index >= 15 is 0 Å². The number of hydrogen-bond donors (Lipinski definition) is 0. The zero-order valence-electron chi connectivity index (χ0n) is 10.7. The van der Waals surface area contributed by atoms with Gasteiger partial charge in [0.05, 0.1) is 7.11 Å². The minimum atomic E-state index is -0.553. The van der Waals surface area contributed by atoms with Crippen LogP contribution < -0.4 is 0 Å². The quantitative estimate of drug-likeness (QED) is 0.441. The third kappa shape index (κ3) is 2.11. The van der Waals surface area contributed by atoms with Gasteiger partial charge in [-0.15, -0.1) is 0 Å². The summed E-state index contributed by atoms with van der Waals surface area (Å²) < 4.78 is 9.84. The van der Waals surface area contributed by atoms with Crippen molar-refractivity contribution < 1.29 is 19.1 Å². The predicted octanol–water partition coefficient (Wildman–Crippen LogP) is 1.78. The number of carbonyl (C=O) groups is 2. The van der Waals surface area contributed by atoms with Crippen LogP contribution in [0.3, 0.4) is 0 Å². The van der Waals surface area contributed by atoms with Crippen LogP contribution in [0.25, 0.3) is 0 Å². The molecule has 0 fully saturated rings. The summed E-state index contributed by atoms with van der Waals surface area (Å²) in [4.78, 5) is 22.5. The van der Waals surface area contributed by atoms with Gasteiger partial charge in [0.1, 0.15) is 6.10 Å². The highest BCUT2D eigenvalue weighted by atomic mass is 16.5. The molecule has 0 aromatic carbocycles. The van der Waals surface area contributed by atoms with Crippen molar-refractivity contribution in [2.75, 3.05) is 7.11 Å². The average Bonchev–Trinajstić information content (AvgIpc) is 3.07. The van der Waals surface area contributed by atoms with Crippen LogP contribution in [0.2, 0.25) is 0 Å². The van der Waals surface area contributed by atoms with E-state index in [9.17, 15) is 9.59 Å². The first-order valence-corrected chi connectivity index (χ1v) is 6.54. The molecule has 0 saturated heterocycles. The number of methoxy groups -OCH3 is 1. The van der Waals surface area contributed by atoms with E-state index in [2.05, 4.69) is 23.0 Å². The number of rotatable bonds is 3. The summed E-state index contributed by atoms with van der Waals surface area (Å²) in [5, 5.41) is 0. The van der Waals surface area contributed by atoms with Gasteiger partial charge in [0.25, 0.3) is 0 Å². The van der Waals surface area contributed by atoms with Crippen molar-refractivity contribution in [1.82, 2.24) is 0 Å². The maximum absolute atomic E-state index is 11.6. The molecule has 2 bridgehead atoms. The van der Waals surface area contributed by atoms with Gasteiger partial charge in [-0.25, -0.2) is 9.59 Å². The lowest BCUT2D eigenvalue weighted by Gasteiger charge is -2.30. The third-order valence-corrected chi connectivity index (χ3v) is 4.23. The Morgan fingerprint density at radius 3 is 2.89 bits per heavy atom. The molecule has 0 spiro atoms. The summed E-state index contributed by atoms with van der Waals surface area (Å²) in [6.45, 7) is 0. The summed E-state index contributed by atoms with van der Waals surface area (Å²) in [5.41, 5.74) is 1.24. The van der Waals surface area contributed by atoms with Crippen molar-refractivity contribution in [3.05, 3.63) is 36.0 Å². The Bertz CT molecular complexity index is 500. The molecule has 0 aromatic heterocycles. The van der Waals surface area contributed by atoms with Crippen LogP contribution in [0.4, 0.5) is 0 Å². The molecule has 0 radical (unpaired) electrons. The van der Waals surface area contributed by atoms with Gasteiger partial charge >= 0.3 is 11.9 Å². The highest BCUT2D eigenvalue weighted by Gasteiger charge is 2.47. The Morgan fingerprint density at radius 2 is 2.11 bits per heavy atom. The Labute approximate surface area is 111 Å². The number of esters is 2. The second-order valence-electron chi connectivity index (χ2n) is 5.20. The lowest BCUT2D eigenvalue weighted by molar-refractivity contribution is -0.143. The minimum Gasteiger partial charge on any atom is -0.466 e. The molecule has 0 heterocycles. The first-order valence-electron chi connectivity index (χ1n) is 6.54. The molecule has 3 rings (SSSR count). The number of ether oxygens (including phenoxy) is 2. The summed E-state index contributed by atoms with van der Waals surface area (Å²) in [5.74, 6) is 0.652. The van der Waals surface area contributed by atoms with E-state index in [-0.39, 0.29) is 6.10 Å². The largest absolute Gasteiger partial charge is 0.466 e. The maximum atomic E-state index is 11.6. The zero-order chi connectivity index (χ0) is 13.4. The van der Waals surface area contributed by atoms with Crippen molar-refractivity contribution in [2.45, 2.75) is 18.9 Å². The molecule has 4 unspecified atom stereocenters. The summed E-state index contributed by atoms with van der Waals surface area (Å²) in [6.07, 6.45) is 10.8.